The fraction of sp³-hybridized carbons (Fsp3) is 0.476. The predicted octanol–water partition coefficient (Wildman–Crippen LogP) is 0.717. The van der Waals surface area contributed by atoms with Gasteiger partial charge in [0, 0.05) is 57.7 Å². The molecule has 2 aliphatic rings. The second kappa shape index (κ2) is 9.39. The van der Waals surface area contributed by atoms with Gasteiger partial charge in [0.1, 0.15) is 10.6 Å². The lowest BCUT2D eigenvalue weighted by Crippen LogP contribution is -2.45. The molecule has 3 heterocycles. The summed E-state index contributed by atoms with van der Waals surface area (Å²) in [4.78, 5) is 20.2. The molecule has 2 aromatic rings. The number of hydrogen-bond donors (Lipinski definition) is 2. The molecule has 168 valence electrons. The van der Waals surface area contributed by atoms with E-state index in [9.17, 15) is 13.2 Å². The standard InChI is InChI=1S/C21H29N5O4S/c1-24-6-8-25(9-7-24)20-5-3-2-4-17(20)15-23-21(27)19-14-18(16-22-19)31(28,29)26-10-12-30-13-11-26/h2-5,14,16,22H,6-13,15H2,1H3,(H,23,27). The van der Waals surface area contributed by atoms with Gasteiger partial charge in [0.15, 0.2) is 0 Å². The molecule has 0 atom stereocenters. The zero-order valence-corrected chi connectivity index (χ0v) is 18.5. The summed E-state index contributed by atoms with van der Waals surface area (Å²) in [7, 11) is -1.52. The number of H-pyrrole nitrogens is 1. The summed E-state index contributed by atoms with van der Waals surface area (Å²) < 4.78 is 32.1. The van der Waals surface area contributed by atoms with Crippen LogP contribution in [0, 0.1) is 0 Å². The highest BCUT2D eigenvalue weighted by Gasteiger charge is 2.28. The number of piperazine rings is 1. The quantitative estimate of drug-likeness (QED) is 0.677. The van der Waals surface area contributed by atoms with Crippen molar-refractivity contribution in [2.75, 3.05) is 64.4 Å². The van der Waals surface area contributed by atoms with Crippen molar-refractivity contribution in [2.45, 2.75) is 11.4 Å². The van der Waals surface area contributed by atoms with Gasteiger partial charge in [0.05, 0.1) is 13.2 Å². The van der Waals surface area contributed by atoms with Crippen molar-refractivity contribution >= 4 is 21.6 Å². The average molecular weight is 448 g/mol. The van der Waals surface area contributed by atoms with Gasteiger partial charge in [-0.1, -0.05) is 18.2 Å². The lowest BCUT2D eigenvalue weighted by atomic mass is 10.1. The number of morpholine rings is 1. The molecule has 4 rings (SSSR count). The minimum atomic E-state index is -3.64. The average Bonchev–Trinajstić information content (AvgIpc) is 3.30. The second-order valence-corrected chi connectivity index (χ2v) is 9.81. The highest BCUT2D eigenvalue weighted by atomic mass is 32.2. The summed E-state index contributed by atoms with van der Waals surface area (Å²) in [6.07, 6.45) is 1.37. The summed E-state index contributed by atoms with van der Waals surface area (Å²) in [5.74, 6) is -0.336. The van der Waals surface area contributed by atoms with Crippen molar-refractivity contribution in [2.24, 2.45) is 0 Å². The number of aromatic nitrogens is 1. The van der Waals surface area contributed by atoms with Crippen LogP contribution in [0.1, 0.15) is 16.1 Å². The van der Waals surface area contributed by atoms with Crippen molar-refractivity contribution in [1.29, 1.82) is 0 Å². The molecule has 1 amide bonds. The molecule has 0 unspecified atom stereocenters. The molecule has 2 saturated heterocycles. The van der Waals surface area contributed by atoms with Crippen molar-refractivity contribution in [3.63, 3.8) is 0 Å². The lowest BCUT2D eigenvalue weighted by molar-refractivity contribution is 0.0730. The van der Waals surface area contributed by atoms with Gasteiger partial charge in [-0.2, -0.15) is 4.31 Å². The Kier molecular flexibility index (Phi) is 6.61. The predicted molar refractivity (Wildman–Crippen MR) is 118 cm³/mol. The molecule has 0 aliphatic carbocycles. The third-order valence-corrected chi connectivity index (χ3v) is 7.66. The Hall–Kier alpha value is -2.40. The van der Waals surface area contributed by atoms with Crippen LogP contribution < -0.4 is 10.2 Å². The number of nitrogens with zero attached hydrogens (tertiary/aromatic N) is 3. The molecule has 9 nitrogen and oxygen atoms in total. The zero-order valence-electron chi connectivity index (χ0n) is 17.7. The van der Waals surface area contributed by atoms with Crippen molar-refractivity contribution in [3.8, 4) is 0 Å². The number of hydrogen-bond acceptors (Lipinski definition) is 6. The number of aromatic amines is 1. The minimum Gasteiger partial charge on any atom is -0.379 e. The maximum absolute atomic E-state index is 12.8. The van der Waals surface area contributed by atoms with E-state index >= 15 is 0 Å². The normalized spacial score (nSPS) is 18.8. The number of para-hydroxylation sites is 1. The van der Waals surface area contributed by atoms with E-state index < -0.39 is 10.0 Å². The number of benzene rings is 1. The smallest absolute Gasteiger partial charge is 0.268 e. The first-order chi connectivity index (χ1) is 14.9. The summed E-state index contributed by atoms with van der Waals surface area (Å²) in [6.45, 7) is 5.66. The Labute approximate surface area is 183 Å². The van der Waals surface area contributed by atoms with E-state index in [1.807, 2.05) is 18.2 Å². The van der Waals surface area contributed by atoms with Gasteiger partial charge in [-0.15, -0.1) is 0 Å². The van der Waals surface area contributed by atoms with Gasteiger partial charge in [0.25, 0.3) is 5.91 Å². The van der Waals surface area contributed by atoms with Gasteiger partial charge in [-0.25, -0.2) is 8.42 Å². The number of sulfonamides is 1. The number of rotatable bonds is 6. The molecule has 0 saturated carbocycles. The maximum Gasteiger partial charge on any atom is 0.268 e. The lowest BCUT2D eigenvalue weighted by Gasteiger charge is -2.35. The van der Waals surface area contributed by atoms with Crippen molar-refractivity contribution in [3.05, 3.63) is 47.8 Å². The third kappa shape index (κ3) is 4.93. The first kappa shape index (κ1) is 21.8. The molecule has 2 N–H and O–H groups in total. The summed E-state index contributed by atoms with van der Waals surface area (Å²) in [5.41, 5.74) is 2.38. The molecule has 1 aromatic carbocycles. The summed E-state index contributed by atoms with van der Waals surface area (Å²) in [6, 6.07) is 9.45. The van der Waals surface area contributed by atoms with E-state index in [0.717, 1.165) is 37.4 Å². The first-order valence-corrected chi connectivity index (χ1v) is 11.9. The van der Waals surface area contributed by atoms with E-state index in [2.05, 4.69) is 33.2 Å². The summed E-state index contributed by atoms with van der Waals surface area (Å²) >= 11 is 0. The van der Waals surface area contributed by atoms with Crippen LogP contribution in [-0.2, 0) is 21.3 Å². The topological polar surface area (TPSA) is 98.0 Å². The van der Waals surface area contributed by atoms with Crippen LogP contribution in [0.2, 0.25) is 0 Å². The zero-order chi connectivity index (χ0) is 21.8. The van der Waals surface area contributed by atoms with Crippen LogP contribution in [0.15, 0.2) is 41.4 Å². The number of anilines is 1. The minimum absolute atomic E-state index is 0.0948. The molecule has 0 spiro atoms. The second-order valence-electron chi connectivity index (χ2n) is 7.87. The van der Waals surface area contributed by atoms with Gasteiger partial charge < -0.3 is 24.8 Å². The van der Waals surface area contributed by atoms with E-state index in [0.29, 0.717) is 32.8 Å². The number of ether oxygens (including phenoxy) is 1. The molecule has 10 heteroatoms. The van der Waals surface area contributed by atoms with Crippen LogP contribution in [0.3, 0.4) is 0 Å². The van der Waals surface area contributed by atoms with E-state index in [1.54, 1.807) is 0 Å². The van der Waals surface area contributed by atoms with Crippen LogP contribution in [0.5, 0.6) is 0 Å². The van der Waals surface area contributed by atoms with E-state index in [4.69, 9.17) is 4.74 Å². The Morgan fingerprint density at radius 3 is 2.55 bits per heavy atom. The fourth-order valence-electron chi connectivity index (χ4n) is 3.88. The van der Waals surface area contributed by atoms with Crippen LogP contribution in [0.4, 0.5) is 5.69 Å². The molecule has 0 radical (unpaired) electrons. The van der Waals surface area contributed by atoms with Crippen molar-refractivity contribution < 1.29 is 17.9 Å². The molecular weight excluding hydrogens is 418 g/mol. The Balaban J connectivity index is 1.41. The first-order valence-electron chi connectivity index (χ1n) is 10.5. The number of carbonyl (C=O) groups is 1. The third-order valence-electron chi connectivity index (χ3n) is 5.78. The number of nitrogens with one attached hydrogen (secondary N) is 2. The monoisotopic (exact) mass is 447 g/mol. The summed E-state index contributed by atoms with van der Waals surface area (Å²) in [5, 5.41) is 2.91. The number of carbonyl (C=O) groups excluding carboxylic acids is 1. The SMILES string of the molecule is CN1CCN(c2ccccc2CNC(=O)c2cc(S(=O)(=O)N3CCOCC3)c[nH]2)CC1. The Morgan fingerprint density at radius 2 is 1.81 bits per heavy atom. The van der Waals surface area contributed by atoms with Gasteiger partial charge in [-0.3, -0.25) is 4.79 Å². The molecule has 31 heavy (non-hydrogen) atoms. The number of amides is 1. The molecule has 2 aliphatic heterocycles. The van der Waals surface area contributed by atoms with Crippen LogP contribution in [0.25, 0.3) is 0 Å². The van der Waals surface area contributed by atoms with Gasteiger partial charge >= 0.3 is 0 Å². The Morgan fingerprint density at radius 1 is 1.10 bits per heavy atom. The number of likely N-dealkylation sites (N-methyl/N-ethyl adjacent to an activating group) is 1. The fourth-order valence-corrected chi connectivity index (χ4v) is 5.28. The maximum atomic E-state index is 12.8. The van der Waals surface area contributed by atoms with Gasteiger partial charge in [0.2, 0.25) is 10.0 Å². The van der Waals surface area contributed by atoms with Crippen molar-refractivity contribution in [1.82, 2.24) is 19.5 Å². The largest absolute Gasteiger partial charge is 0.379 e. The van der Waals surface area contributed by atoms with Gasteiger partial charge in [-0.05, 0) is 24.7 Å². The molecule has 0 bridgehead atoms. The molecule has 1 aromatic heterocycles. The Bertz CT molecular complexity index is 1010. The highest BCUT2D eigenvalue weighted by molar-refractivity contribution is 7.89. The van der Waals surface area contributed by atoms with E-state index in [-0.39, 0.29) is 16.5 Å². The van der Waals surface area contributed by atoms with E-state index in [1.165, 1.54) is 16.6 Å². The van der Waals surface area contributed by atoms with Crippen LogP contribution >= 0.6 is 0 Å². The highest BCUT2D eigenvalue weighted by Crippen LogP contribution is 2.22. The van der Waals surface area contributed by atoms with Crippen LogP contribution in [-0.4, -0.2) is 88.0 Å². The molecule has 2 fully saturated rings. The molecular formula is C21H29N5O4S.